The molecule has 228 valence electrons. The number of halogens is 2. The molecule has 0 saturated heterocycles. The molecule has 0 radical (unpaired) electrons. The van der Waals surface area contributed by atoms with Gasteiger partial charge in [-0.15, -0.1) is 33.4 Å². The summed E-state index contributed by atoms with van der Waals surface area (Å²) in [5.41, 5.74) is 4.20. The molecule has 6 rings (SSSR count). The van der Waals surface area contributed by atoms with Gasteiger partial charge in [0.25, 0.3) is 17.8 Å². The molecule has 2 amide bonds. The third-order valence-corrected chi connectivity index (χ3v) is 7.60. The topological polar surface area (TPSA) is 118 Å². The number of aromatic nitrogens is 4. The minimum Gasteiger partial charge on any atom is -0.471 e. The van der Waals surface area contributed by atoms with Crippen LogP contribution in [0, 0.1) is 0 Å². The van der Waals surface area contributed by atoms with Crippen LogP contribution < -0.4 is 9.64 Å². The molecule has 1 aliphatic rings. The molecule has 1 aliphatic heterocycles. The molecule has 11 nitrogen and oxygen atoms in total. The van der Waals surface area contributed by atoms with E-state index in [2.05, 4.69) is 30.1 Å². The van der Waals surface area contributed by atoms with Crippen LogP contribution in [0.4, 0.5) is 17.3 Å². The summed E-state index contributed by atoms with van der Waals surface area (Å²) in [4.78, 5) is 42.7. The summed E-state index contributed by atoms with van der Waals surface area (Å²) in [5, 5.41) is 8.65. The van der Waals surface area contributed by atoms with Crippen LogP contribution in [0.1, 0.15) is 26.3 Å². The molecule has 13 heteroatoms. The van der Waals surface area contributed by atoms with Crippen molar-refractivity contribution in [2.24, 2.45) is 10.2 Å². The van der Waals surface area contributed by atoms with E-state index in [4.69, 9.17) is 27.9 Å². The summed E-state index contributed by atoms with van der Waals surface area (Å²) in [6.07, 6.45) is 1.58. The molecular formula is C32H28Cl2N8O3. The van der Waals surface area contributed by atoms with Crippen molar-refractivity contribution in [2.75, 3.05) is 36.3 Å². The molecule has 3 aromatic carbocycles. The van der Waals surface area contributed by atoms with Crippen molar-refractivity contribution in [3.63, 3.8) is 0 Å². The lowest BCUT2D eigenvalue weighted by Crippen LogP contribution is -2.32. The Kier molecular flexibility index (Phi) is 9.27. The third-order valence-electron chi connectivity index (χ3n) is 7.26. The maximum absolute atomic E-state index is 12.9. The van der Waals surface area contributed by atoms with Crippen LogP contribution in [-0.2, 0) is 13.2 Å². The Labute approximate surface area is 269 Å². The van der Waals surface area contributed by atoms with Gasteiger partial charge in [0.05, 0.1) is 23.1 Å². The van der Waals surface area contributed by atoms with Crippen molar-refractivity contribution in [2.45, 2.75) is 13.2 Å². The fourth-order valence-electron chi connectivity index (χ4n) is 5.00. The summed E-state index contributed by atoms with van der Waals surface area (Å²) < 4.78 is 7.82. The first kappa shape index (κ1) is 30.2. The molecule has 0 bridgehead atoms. The number of benzene rings is 3. The maximum Gasteiger partial charge on any atom is 0.274 e. The molecule has 3 heterocycles. The van der Waals surface area contributed by atoms with Gasteiger partial charge < -0.3 is 14.2 Å². The highest BCUT2D eigenvalue weighted by Crippen LogP contribution is 2.28. The molecule has 0 aliphatic carbocycles. The van der Waals surface area contributed by atoms with Crippen molar-refractivity contribution in [1.29, 1.82) is 0 Å². The molecule has 2 aromatic heterocycles. The number of fused-ring (bicyclic) bond motifs is 2. The highest BCUT2D eigenvalue weighted by Gasteiger charge is 2.34. The molecule has 0 atom stereocenters. The number of alkyl halides is 2. The van der Waals surface area contributed by atoms with Gasteiger partial charge in [-0.2, -0.15) is 9.97 Å². The third kappa shape index (κ3) is 6.64. The van der Waals surface area contributed by atoms with Crippen molar-refractivity contribution in [1.82, 2.24) is 24.4 Å². The van der Waals surface area contributed by atoms with Crippen LogP contribution in [0.5, 0.6) is 5.88 Å². The monoisotopic (exact) mass is 642 g/mol. The predicted octanol–water partition coefficient (Wildman–Crippen LogP) is 6.40. The number of rotatable bonds is 13. The fourth-order valence-corrected chi connectivity index (χ4v) is 5.41. The number of hydrogen-bond donors (Lipinski definition) is 0. The van der Waals surface area contributed by atoms with E-state index in [0.717, 1.165) is 11.3 Å². The van der Waals surface area contributed by atoms with Gasteiger partial charge in [0.1, 0.15) is 6.61 Å². The van der Waals surface area contributed by atoms with E-state index >= 15 is 0 Å². The highest BCUT2D eigenvalue weighted by molar-refractivity contribution is 6.21. The van der Waals surface area contributed by atoms with Crippen LogP contribution in [0.3, 0.4) is 0 Å². The number of anilines is 1. The quantitative estimate of drug-likeness (QED) is 0.0828. The van der Waals surface area contributed by atoms with E-state index in [9.17, 15) is 9.59 Å². The number of nitrogens with zero attached hydrogens (tertiary/aromatic N) is 8. The van der Waals surface area contributed by atoms with Gasteiger partial charge >= 0.3 is 0 Å². The number of hydrogen-bond acceptors (Lipinski definition) is 9. The second kappa shape index (κ2) is 13.8. The number of ether oxygens (including phenoxy) is 1. The SMILES string of the molecule is O=C1c2ccccc2C(=O)N1CCn1cnc2c(OCc3ccccc3)nc(N=Nc3ccc(N(CCCl)CCCl)cc3)nc21. The molecule has 0 spiro atoms. The molecule has 0 saturated carbocycles. The first-order valence-corrected chi connectivity index (χ1v) is 15.4. The average Bonchev–Trinajstić information content (AvgIpc) is 3.59. The Morgan fingerprint density at radius 3 is 2.11 bits per heavy atom. The Bertz CT molecular complexity index is 1810. The molecule has 45 heavy (non-hydrogen) atoms. The summed E-state index contributed by atoms with van der Waals surface area (Å²) in [5.74, 6) is 0.642. The van der Waals surface area contributed by atoms with Gasteiger partial charge in [0.15, 0.2) is 11.2 Å². The molecule has 0 fully saturated rings. The normalized spacial score (nSPS) is 12.8. The molecular weight excluding hydrogens is 615 g/mol. The minimum atomic E-state index is -0.324. The van der Waals surface area contributed by atoms with E-state index in [0.29, 0.717) is 52.8 Å². The number of carbonyl (C=O) groups excluding carboxylic acids is 2. The average molecular weight is 644 g/mol. The first-order chi connectivity index (χ1) is 22.1. The zero-order valence-electron chi connectivity index (χ0n) is 24.1. The lowest BCUT2D eigenvalue weighted by molar-refractivity contribution is 0.0649. The van der Waals surface area contributed by atoms with Crippen LogP contribution in [0.25, 0.3) is 11.2 Å². The van der Waals surface area contributed by atoms with Gasteiger partial charge in [-0.1, -0.05) is 42.5 Å². The zero-order chi connectivity index (χ0) is 31.2. The zero-order valence-corrected chi connectivity index (χ0v) is 25.6. The van der Waals surface area contributed by atoms with Crippen LogP contribution in [-0.4, -0.2) is 67.6 Å². The predicted molar refractivity (Wildman–Crippen MR) is 172 cm³/mol. The molecule has 5 aromatic rings. The van der Waals surface area contributed by atoms with Crippen LogP contribution >= 0.6 is 23.2 Å². The van der Waals surface area contributed by atoms with Gasteiger partial charge in [0.2, 0.25) is 5.88 Å². The Morgan fingerprint density at radius 1 is 0.778 bits per heavy atom. The first-order valence-electron chi connectivity index (χ1n) is 14.3. The van der Waals surface area contributed by atoms with Crippen molar-refractivity contribution >= 4 is 63.5 Å². The smallest absolute Gasteiger partial charge is 0.274 e. The summed E-state index contributed by atoms with van der Waals surface area (Å²) in [6.45, 7) is 2.00. The minimum absolute atomic E-state index is 0.0722. The summed E-state index contributed by atoms with van der Waals surface area (Å²) in [7, 11) is 0. The number of carbonyl (C=O) groups is 2. The Morgan fingerprint density at radius 2 is 1.44 bits per heavy atom. The summed E-state index contributed by atoms with van der Waals surface area (Å²) in [6, 6.07) is 24.0. The van der Waals surface area contributed by atoms with E-state index in [-0.39, 0.29) is 43.3 Å². The Balaban J connectivity index is 1.26. The van der Waals surface area contributed by atoms with Crippen LogP contribution in [0.15, 0.2) is 95.4 Å². The van der Waals surface area contributed by atoms with Crippen molar-refractivity contribution in [3.05, 3.63) is 102 Å². The van der Waals surface area contributed by atoms with Crippen molar-refractivity contribution < 1.29 is 14.3 Å². The number of imidazole rings is 1. The second-order valence-electron chi connectivity index (χ2n) is 10.1. The molecule has 0 unspecified atom stereocenters. The lowest BCUT2D eigenvalue weighted by atomic mass is 10.1. The van der Waals surface area contributed by atoms with E-state index in [1.54, 1.807) is 35.2 Å². The number of azo groups is 1. The van der Waals surface area contributed by atoms with Gasteiger partial charge in [-0.05, 0) is 42.0 Å². The number of amides is 2. The van der Waals surface area contributed by atoms with Crippen molar-refractivity contribution in [3.8, 4) is 5.88 Å². The van der Waals surface area contributed by atoms with E-state index in [1.807, 2.05) is 54.6 Å². The fraction of sp³-hybridized carbons (Fsp3) is 0.219. The van der Waals surface area contributed by atoms with E-state index < -0.39 is 0 Å². The van der Waals surface area contributed by atoms with Gasteiger partial charge in [-0.25, -0.2) is 4.98 Å². The summed E-state index contributed by atoms with van der Waals surface area (Å²) >= 11 is 11.9. The molecule has 0 N–H and O–H groups in total. The van der Waals surface area contributed by atoms with Crippen LogP contribution in [0.2, 0.25) is 0 Å². The Hall–Kier alpha value is -4.87. The standard InChI is InChI=1S/C32H28Cl2N8O3/c33-14-16-40(17-15-34)24-12-10-23(11-13-24)38-39-32-36-28-27(29(37-32)45-20-22-6-2-1-3-7-22)35-21-41(28)18-19-42-30(43)25-8-4-5-9-26(25)31(42)44/h1-13,21H,14-20H2. The van der Waals surface area contributed by atoms with Gasteiger partial charge in [-0.3, -0.25) is 14.5 Å². The lowest BCUT2D eigenvalue weighted by Gasteiger charge is -2.22. The number of imide groups is 1. The highest BCUT2D eigenvalue weighted by atomic mass is 35.5. The largest absolute Gasteiger partial charge is 0.471 e. The van der Waals surface area contributed by atoms with E-state index in [1.165, 1.54) is 4.90 Å². The van der Waals surface area contributed by atoms with Gasteiger partial charge in [0, 0.05) is 43.6 Å². The maximum atomic E-state index is 12.9. The second-order valence-corrected chi connectivity index (χ2v) is 10.9.